The van der Waals surface area contributed by atoms with Crippen LogP contribution in [0.3, 0.4) is 0 Å². The van der Waals surface area contributed by atoms with Crippen LogP contribution in [-0.4, -0.2) is 48.5 Å². The van der Waals surface area contributed by atoms with Gasteiger partial charge in [0.1, 0.15) is 17.9 Å². The third kappa shape index (κ3) is 5.52. The van der Waals surface area contributed by atoms with E-state index in [0.717, 1.165) is 24.0 Å². The molecule has 8 heteroatoms. The molecule has 2 aromatic carbocycles. The second-order valence-corrected chi connectivity index (χ2v) is 9.94. The van der Waals surface area contributed by atoms with E-state index < -0.39 is 12.0 Å². The van der Waals surface area contributed by atoms with Crippen LogP contribution in [0.15, 0.2) is 54.7 Å². The number of rotatable bonds is 8. The number of piperidine rings is 1. The number of anilines is 1. The van der Waals surface area contributed by atoms with E-state index in [1.54, 1.807) is 18.3 Å². The van der Waals surface area contributed by atoms with E-state index in [1.807, 2.05) is 53.4 Å². The molecule has 38 heavy (non-hydrogen) atoms. The Bertz CT molecular complexity index is 1380. The van der Waals surface area contributed by atoms with Crippen LogP contribution in [-0.2, 0) is 9.53 Å². The fourth-order valence-electron chi connectivity index (χ4n) is 4.84. The topological polar surface area (TPSA) is 95.7 Å². The van der Waals surface area contributed by atoms with Gasteiger partial charge in [-0.3, -0.25) is 4.98 Å². The molecule has 2 fully saturated rings. The molecule has 194 valence electrons. The molecule has 0 amide bonds. The number of ether oxygens (including phenoxy) is 2. The maximum absolute atomic E-state index is 12.0. The van der Waals surface area contributed by atoms with Crippen molar-refractivity contribution in [2.45, 2.75) is 25.3 Å². The summed E-state index contributed by atoms with van der Waals surface area (Å²) in [5, 5.41) is 20.2. The summed E-state index contributed by atoms with van der Waals surface area (Å²) in [5.74, 6) is 0.0365. The van der Waals surface area contributed by atoms with Crippen LogP contribution in [0.1, 0.15) is 36.1 Å². The van der Waals surface area contributed by atoms with Gasteiger partial charge in [0.05, 0.1) is 41.8 Å². The molecular weight excluding hydrogens is 502 g/mol. The van der Waals surface area contributed by atoms with Crippen LogP contribution in [0.4, 0.5) is 5.69 Å². The van der Waals surface area contributed by atoms with Crippen molar-refractivity contribution in [1.29, 1.82) is 5.26 Å². The van der Waals surface area contributed by atoms with E-state index in [-0.39, 0.29) is 0 Å². The number of benzene rings is 2. The Morgan fingerprint density at radius 2 is 2.03 bits per heavy atom. The van der Waals surface area contributed by atoms with Crippen LogP contribution in [0, 0.1) is 17.2 Å². The molecule has 2 saturated heterocycles. The highest BCUT2D eigenvalue weighted by Gasteiger charge is 2.31. The highest BCUT2D eigenvalue weighted by atomic mass is 35.5. The molecule has 1 N–H and O–H groups in total. The minimum Gasteiger partial charge on any atom is -0.491 e. The van der Waals surface area contributed by atoms with Gasteiger partial charge in [-0.05, 0) is 54.7 Å². The molecule has 1 aromatic heterocycles. The molecule has 2 aliphatic heterocycles. The average molecular weight is 530 g/mol. The summed E-state index contributed by atoms with van der Waals surface area (Å²) in [5.41, 5.74) is 4.12. The second kappa shape index (κ2) is 11.7. The van der Waals surface area contributed by atoms with Gasteiger partial charge in [-0.25, -0.2) is 4.79 Å². The van der Waals surface area contributed by atoms with Gasteiger partial charge >= 0.3 is 5.97 Å². The first-order chi connectivity index (χ1) is 18.5. The average Bonchev–Trinajstić information content (AvgIpc) is 2.92. The van der Waals surface area contributed by atoms with Gasteiger partial charge in [0.15, 0.2) is 0 Å². The molecule has 0 bridgehead atoms. The van der Waals surface area contributed by atoms with E-state index in [9.17, 15) is 15.2 Å². The highest BCUT2D eigenvalue weighted by Crippen LogP contribution is 2.39. The number of pyridine rings is 1. The number of carboxylic acid groups (broad SMARTS) is 1. The van der Waals surface area contributed by atoms with Crippen molar-refractivity contribution < 1.29 is 19.4 Å². The predicted octanol–water partition coefficient (Wildman–Crippen LogP) is 5.91. The summed E-state index contributed by atoms with van der Waals surface area (Å²) in [6.45, 7) is 2.39. The molecule has 0 spiro atoms. The number of carbonyl (C=O) groups is 1. The number of nitriles is 1. The first-order valence-corrected chi connectivity index (χ1v) is 13.1. The smallest absolute Gasteiger partial charge is 0.326 e. The zero-order valence-electron chi connectivity index (χ0n) is 20.8. The van der Waals surface area contributed by atoms with Crippen molar-refractivity contribution in [3.05, 3.63) is 76.6 Å². The van der Waals surface area contributed by atoms with E-state index in [0.29, 0.717) is 72.0 Å². The zero-order valence-corrected chi connectivity index (χ0v) is 21.6. The Morgan fingerprint density at radius 1 is 1.21 bits per heavy atom. The Kier molecular flexibility index (Phi) is 7.92. The standard InChI is InChI=1S/C30H28ClN3O4/c31-25-15-28(34-13-5-4-8-27(34)30(35)36)29(38-19-20-17-37-18-20)14-22(25)9-10-26-24(16-32)23(11-12-33-26)21-6-2-1-3-7-21/h1-3,6-7,9-12,14-15,20,27H,4-5,8,13,17-19H2,(H,35,36). The van der Waals surface area contributed by atoms with Gasteiger partial charge in [0.2, 0.25) is 0 Å². The number of nitrogens with zero attached hydrogens (tertiary/aromatic N) is 3. The Balaban J connectivity index is 1.50. The van der Waals surface area contributed by atoms with Crippen LogP contribution < -0.4 is 9.64 Å². The quantitative estimate of drug-likeness (QED) is 0.387. The highest BCUT2D eigenvalue weighted by molar-refractivity contribution is 6.32. The minimum absolute atomic E-state index is 0.303. The van der Waals surface area contributed by atoms with E-state index >= 15 is 0 Å². The maximum atomic E-state index is 12.0. The van der Waals surface area contributed by atoms with Crippen LogP contribution >= 0.6 is 11.6 Å². The molecule has 5 rings (SSSR count). The van der Waals surface area contributed by atoms with Crippen LogP contribution in [0.5, 0.6) is 5.75 Å². The molecule has 0 saturated carbocycles. The SMILES string of the molecule is N#Cc1c(-c2ccccc2)ccnc1C=Cc1cc(OCC2COC2)c(N2CCCCC2C(=O)O)cc1Cl. The molecular formula is C30H28ClN3O4. The molecule has 1 atom stereocenters. The van der Waals surface area contributed by atoms with Gasteiger partial charge in [-0.15, -0.1) is 0 Å². The predicted molar refractivity (Wildman–Crippen MR) is 147 cm³/mol. The van der Waals surface area contributed by atoms with Crippen molar-refractivity contribution in [2.75, 3.05) is 31.3 Å². The van der Waals surface area contributed by atoms with Crippen molar-refractivity contribution >= 4 is 35.4 Å². The number of carboxylic acids is 1. The monoisotopic (exact) mass is 529 g/mol. The van der Waals surface area contributed by atoms with E-state index in [4.69, 9.17) is 21.1 Å². The Labute approximate surface area is 226 Å². The van der Waals surface area contributed by atoms with E-state index in [2.05, 4.69) is 11.1 Å². The molecule has 2 aliphatic rings. The molecule has 0 radical (unpaired) electrons. The summed E-state index contributed by atoms with van der Waals surface area (Å²) in [6, 6.07) is 16.8. The summed E-state index contributed by atoms with van der Waals surface area (Å²) in [7, 11) is 0. The van der Waals surface area contributed by atoms with Gasteiger partial charge < -0.3 is 19.5 Å². The number of aromatic nitrogens is 1. The number of hydrogen-bond donors (Lipinski definition) is 1. The van der Waals surface area contributed by atoms with Crippen LogP contribution in [0.25, 0.3) is 23.3 Å². The lowest BCUT2D eigenvalue weighted by atomic mass is 9.99. The summed E-state index contributed by atoms with van der Waals surface area (Å²) >= 11 is 6.73. The summed E-state index contributed by atoms with van der Waals surface area (Å²) in [4.78, 5) is 18.3. The van der Waals surface area contributed by atoms with Gasteiger partial charge in [0.25, 0.3) is 0 Å². The fraction of sp³-hybridized carbons (Fsp3) is 0.300. The lowest BCUT2D eigenvalue weighted by molar-refractivity contribution is -0.139. The summed E-state index contributed by atoms with van der Waals surface area (Å²) < 4.78 is 11.5. The van der Waals surface area contributed by atoms with Crippen molar-refractivity contribution in [2.24, 2.45) is 5.92 Å². The first kappa shape index (κ1) is 25.8. The number of hydrogen-bond acceptors (Lipinski definition) is 6. The van der Waals surface area contributed by atoms with Gasteiger partial charge in [0, 0.05) is 24.2 Å². The molecule has 3 aromatic rings. The largest absolute Gasteiger partial charge is 0.491 e. The summed E-state index contributed by atoms with van der Waals surface area (Å²) in [6.07, 6.45) is 7.62. The third-order valence-corrected chi connectivity index (χ3v) is 7.28. The lowest BCUT2D eigenvalue weighted by Crippen LogP contribution is -2.45. The van der Waals surface area contributed by atoms with E-state index in [1.165, 1.54) is 0 Å². The third-order valence-electron chi connectivity index (χ3n) is 6.95. The second-order valence-electron chi connectivity index (χ2n) is 9.53. The molecule has 7 nitrogen and oxygen atoms in total. The van der Waals surface area contributed by atoms with Gasteiger partial charge in [-0.2, -0.15) is 5.26 Å². The van der Waals surface area contributed by atoms with Crippen molar-refractivity contribution in [1.82, 2.24) is 4.98 Å². The number of halogens is 1. The first-order valence-electron chi connectivity index (χ1n) is 12.7. The molecule has 0 aliphatic carbocycles. The van der Waals surface area contributed by atoms with Crippen LogP contribution in [0.2, 0.25) is 5.02 Å². The normalized spacial score (nSPS) is 17.7. The number of aliphatic carboxylic acids is 1. The fourth-order valence-corrected chi connectivity index (χ4v) is 5.06. The molecule has 3 heterocycles. The van der Waals surface area contributed by atoms with Gasteiger partial charge in [-0.1, -0.05) is 48.0 Å². The Morgan fingerprint density at radius 3 is 2.74 bits per heavy atom. The lowest BCUT2D eigenvalue weighted by Gasteiger charge is -2.36. The molecule has 1 unspecified atom stereocenters. The zero-order chi connectivity index (χ0) is 26.5. The maximum Gasteiger partial charge on any atom is 0.326 e. The Hall–Kier alpha value is -3.86. The minimum atomic E-state index is -0.850. The van der Waals surface area contributed by atoms with Crippen molar-refractivity contribution in [3.8, 4) is 22.9 Å². The van der Waals surface area contributed by atoms with Crippen molar-refractivity contribution in [3.63, 3.8) is 0 Å².